The first-order valence-electron chi connectivity index (χ1n) is 7.77. The Kier molecular flexibility index (Phi) is 5.05. The van der Waals surface area contributed by atoms with Gasteiger partial charge in [-0.2, -0.15) is 0 Å². The third-order valence-corrected chi connectivity index (χ3v) is 3.72. The number of aryl methyl sites for hydroxylation is 2. The Hall–Kier alpha value is -1.77. The highest BCUT2D eigenvalue weighted by molar-refractivity contribution is 5.84. The molecule has 0 saturated heterocycles. The van der Waals surface area contributed by atoms with E-state index in [9.17, 15) is 0 Å². The van der Waals surface area contributed by atoms with E-state index >= 15 is 0 Å². The summed E-state index contributed by atoms with van der Waals surface area (Å²) in [4.78, 5) is 4.61. The van der Waals surface area contributed by atoms with Gasteiger partial charge >= 0.3 is 0 Å². The average molecular weight is 286 g/mol. The van der Waals surface area contributed by atoms with Crippen LogP contribution in [0, 0.1) is 12.8 Å². The molecule has 21 heavy (non-hydrogen) atoms. The lowest BCUT2D eigenvalue weighted by atomic mass is 10.1. The van der Waals surface area contributed by atoms with Gasteiger partial charge in [-0.3, -0.25) is 4.99 Å². The van der Waals surface area contributed by atoms with Gasteiger partial charge in [0.2, 0.25) is 0 Å². The van der Waals surface area contributed by atoms with Crippen LogP contribution in [0.2, 0.25) is 0 Å². The van der Waals surface area contributed by atoms with Crippen molar-refractivity contribution < 1.29 is 4.42 Å². The number of nitrogens with one attached hydrogen (secondary N) is 1. The SMILES string of the molecule is C=C(C=N/C(=C\C)c1c(C)oc2c1CCC2)NCC(C)C. The molecule has 114 valence electrons. The van der Waals surface area contributed by atoms with E-state index in [0.717, 1.165) is 42.3 Å². The second kappa shape index (κ2) is 6.79. The first-order chi connectivity index (χ1) is 10.0. The summed E-state index contributed by atoms with van der Waals surface area (Å²) in [6, 6.07) is 0. The van der Waals surface area contributed by atoms with Gasteiger partial charge in [-0.15, -0.1) is 0 Å². The van der Waals surface area contributed by atoms with E-state index in [1.54, 1.807) is 0 Å². The summed E-state index contributed by atoms with van der Waals surface area (Å²) in [7, 11) is 0. The molecule has 2 rings (SSSR count). The molecule has 1 aromatic heterocycles. The number of rotatable bonds is 6. The molecule has 1 aromatic rings. The number of furan rings is 1. The van der Waals surface area contributed by atoms with Crippen molar-refractivity contribution in [2.75, 3.05) is 6.54 Å². The van der Waals surface area contributed by atoms with Crippen molar-refractivity contribution in [3.05, 3.63) is 41.0 Å². The predicted octanol–water partition coefficient (Wildman–Crippen LogP) is 4.27. The van der Waals surface area contributed by atoms with E-state index in [2.05, 4.69) is 30.7 Å². The second-order valence-electron chi connectivity index (χ2n) is 6.02. The lowest BCUT2D eigenvalue weighted by Crippen LogP contribution is -2.19. The van der Waals surface area contributed by atoms with E-state index in [4.69, 9.17) is 4.42 Å². The van der Waals surface area contributed by atoms with Crippen LogP contribution in [0.5, 0.6) is 0 Å². The summed E-state index contributed by atoms with van der Waals surface area (Å²) in [5, 5.41) is 3.28. The molecule has 0 bridgehead atoms. The van der Waals surface area contributed by atoms with Crippen molar-refractivity contribution in [1.29, 1.82) is 0 Å². The Morgan fingerprint density at radius 1 is 1.43 bits per heavy atom. The standard InChI is InChI=1S/C18H26N2O/c1-6-16(20-11-13(4)19-10-12(2)3)18-14(5)21-17-9-7-8-15(17)18/h6,11-12,19H,4,7-10H2,1-3,5H3/b16-6-,20-11?. The Bertz CT molecular complexity index is 576. The number of allylic oxidation sites excluding steroid dienone is 2. The van der Waals surface area contributed by atoms with Gasteiger partial charge in [0, 0.05) is 29.8 Å². The highest BCUT2D eigenvalue weighted by atomic mass is 16.3. The lowest BCUT2D eigenvalue weighted by molar-refractivity contribution is 0.487. The van der Waals surface area contributed by atoms with Crippen LogP contribution in [0.4, 0.5) is 0 Å². The van der Waals surface area contributed by atoms with Crippen LogP contribution in [0.3, 0.4) is 0 Å². The molecule has 3 heteroatoms. The summed E-state index contributed by atoms with van der Waals surface area (Å²) in [5.41, 5.74) is 4.35. The molecule has 0 amide bonds. The molecular weight excluding hydrogens is 260 g/mol. The maximum atomic E-state index is 5.87. The van der Waals surface area contributed by atoms with Crippen LogP contribution in [0.1, 0.15) is 49.8 Å². The van der Waals surface area contributed by atoms with Crippen LogP contribution in [-0.4, -0.2) is 12.8 Å². The van der Waals surface area contributed by atoms with Crippen molar-refractivity contribution in [2.24, 2.45) is 10.9 Å². The summed E-state index contributed by atoms with van der Waals surface area (Å²) >= 11 is 0. The third-order valence-electron chi connectivity index (χ3n) is 3.72. The fraction of sp³-hybridized carbons (Fsp3) is 0.500. The molecule has 0 saturated carbocycles. The van der Waals surface area contributed by atoms with Crippen molar-refractivity contribution in [1.82, 2.24) is 5.32 Å². The smallest absolute Gasteiger partial charge is 0.110 e. The van der Waals surface area contributed by atoms with Crippen LogP contribution >= 0.6 is 0 Å². The van der Waals surface area contributed by atoms with Gasteiger partial charge in [-0.25, -0.2) is 0 Å². The van der Waals surface area contributed by atoms with Crippen LogP contribution in [0.25, 0.3) is 5.70 Å². The fourth-order valence-corrected chi connectivity index (χ4v) is 2.69. The molecule has 0 unspecified atom stereocenters. The maximum Gasteiger partial charge on any atom is 0.110 e. The van der Waals surface area contributed by atoms with Gasteiger partial charge < -0.3 is 9.73 Å². The van der Waals surface area contributed by atoms with E-state index < -0.39 is 0 Å². The molecule has 1 heterocycles. The minimum absolute atomic E-state index is 0.593. The van der Waals surface area contributed by atoms with Gasteiger partial charge in [0.1, 0.15) is 11.5 Å². The fourth-order valence-electron chi connectivity index (χ4n) is 2.69. The highest BCUT2D eigenvalue weighted by Crippen LogP contribution is 2.35. The largest absolute Gasteiger partial charge is 0.465 e. The Morgan fingerprint density at radius 3 is 2.86 bits per heavy atom. The first kappa shape index (κ1) is 15.6. The third kappa shape index (κ3) is 3.66. The molecule has 1 aliphatic carbocycles. The van der Waals surface area contributed by atoms with E-state index in [0.29, 0.717) is 5.92 Å². The van der Waals surface area contributed by atoms with Crippen LogP contribution < -0.4 is 5.32 Å². The summed E-state index contributed by atoms with van der Waals surface area (Å²) in [6.45, 7) is 13.3. The molecule has 0 radical (unpaired) electrons. The van der Waals surface area contributed by atoms with Gasteiger partial charge in [-0.05, 0) is 32.6 Å². The second-order valence-corrected chi connectivity index (χ2v) is 6.02. The molecule has 0 aliphatic heterocycles. The summed E-state index contributed by atoms with van der Waals surface area (Å²) in [5.74, 6) is 2.72. The average Bonchev–Trinajstić information content (AvgIpc) is 2.99. The van der Waals surface area contributed by atoms with Crippen molar-refractivity contribution in [3.8, 4) is 0 Å². The Balaban J connectivity index is 2.13. The molecule has 3 nitrogen and oxygen atoms in total. The lowest BCUT2D eigenvalue weighted by Gasteiger charge is -2.08. The Morgan fingerprint density at radius 2 is 2.19 bits per heavy atom. The maximum absolute atomic E-state index is 5.87. The number of aliphatic imine (C=N–C) groups is 1. The van der Waals surface area contributed by atoms with E-state index in [-0.39, 0.29) is 0 Å². The Labute approximate surface area is 127 Å². The zero-order valence-corrected chi connectivity index (χ0v) is 13.6. The number of hydrogen-bond donors (Lipinski definition) is 1. The number of fused-ring (bicyclic) bond motifs is 1. The minimum atomic E-state index is 0.593. The summed E-state index contributed by atoms with van der Waals surface area (Å²) in [6.07, 6.45) is 7.19. The first-order valence-corrected chi connectivity index (χ1v) is 7.77. The molecule has 1 aliphatic rings. The van der Waals surface area contributed by atoms with E-state index in [1.807, 2.05) is 26.1 Å². The van der Waals surface area contributed by atoms with Crippen LogP contribution in [-0.2, 0) is 12.8 Å². The number of hydrogen-bond acceptors (Lipinski definition) is 3. The van der Waals surface area contributed by atoms with Gasteiger partial charge in [0.15, 0.2) is 0 Å². The molecular formula is C18H26N2O. The van der Waals surface area contributed by atoms with E-state index in [1.165, 1.54) is 17.5 Å². The molecule has 0 aromatic carbocycles. The van der Waals surface area contributed by atoms with Crippen LogP contribution in [0.15, 0.2) is 27.8 Å². The van der Waals surface area contributed by atoms with Crippen molar-refractivity contribution >= 4 is 11.9 Å². The zero-order valence-electron chi connectivity index (χ0n) is 13.6. The molecule has 0 atom stereocenters. The van der Waals surface area contributed by atoms with Crippen molar-refractivity contribution in [2.45, 2.75) is 47.0 Å². The molecule has 0 fully saturated rings. The summed E-state index contributed by atoms with van der Waals surface area (Å²) < 4.78 is 5.87. The molecule has 0 spiro atoms. The van der Waals surface area contributed by atoms with Gasteiger partial charge in [0.05, 0.1) is 11.9 Å². The highest BCUT2D eigenvalue weighted by Gasteiger charge is 2.23. The predicted molar refractivity (Wildman–Crippen MR) is 89.6 cm³/mol. The molecule has 1 N–H and O–H groups in total. The zero-order chi connectivity index (χ0) is 15.4. The van der Waals surface area contributed by atoms with Crippen molar-refractivity contribution in [3.63, 3.8) is 0 Å². The van der Waals surface area contributed by atoms with Gasteiger partial charge in [0.25, 0.3) is 0 Å². The monoisotopic (exact) mass is 286 g/mol. The van der Waals surface area contributed by atoms with Gasteiger partial charge in [-0.1, -0.05) is 26.5 Å². The minimum Gasteiger partial charge on any atom is -0.465 e. The normalized spacial score (nSPS) is 15.0. The number of nitrogens with zero attached hydrogens (tertiary/aromatic N) is 1. The quantitative estimate of drug-likeness (QED) is 0.793. The topological polar surface area (TPSA) is 37.5 Å².